The molecule has 1 fully saturated rings. The fourth-order valence-electron chi connectivity index (χ4n) is 3.82. The van der Waals surface area contributed by atoms with Crippen molar-refractivity contribution in [3.05, 3.63) is 35.9 Å². The number of aryl methyl sites for hydroxylation is 1. The predicted octanol–water partition coefficient (Wildman–Crippen LogP) is 1.44. The van der Waals surface area contributed by atoms with Gasteiger partial charge >= 0.3 is 0 Å². The molecule has 2 aromatic heterocycles. The molecule has 0 unspecified atom stereocenters. The Hall–Kier alpha value is -1.70. The van der Waals surface area contributed by atoms with Crippen LogP contribution in [-0.2, 0) is 24.9 Å². The van der Waals surface area contributed by atoms with E-state index < -0.39 is 0 Å². The molecule has 7 nitrogen and oxygen atoms in total. The number of hydrogen-bond donors (Lipinski definition) is 1. The van der Waals surface area contributed by atoms with Gasteiger partial charge in [-0.25, -0.2) is 0 Å². The van der Waals surface area contributed by atoms with Crippen molar-refractivity contribution in [1.29, 1.82) is 0 Å². The lowest BCUT2D eigenvalue weighted by Gasteiger charge is -2.39. The Kier molecular flexibility index (Phi) is 6.23. The van der Waals surface area contributed by atoms with Gasteiger partial charge in [-0.05, 0) is 38.4 Å². The van der Waals surface area contributed by atoms with Crippen LogP contribution >= 0.6 is 0 Å². The van der Waals surface area contributed by atoms with Crippen LogP contribution in [0.5, 0.6) is 0 Å². The maximum atomic E-state index is 5.09. The van der Waals surface area contributed by atoms with Crippen molar-refractivity contribution in [2.45, 2.75) is 32.0 Å². The second kappa shape index (κ2) is 8.60. The van der Waals surface area contributed by atoms with Gasteiger partial charge in [0.25, 0.3) is 0 Å². The Morgan fingerprint density at radius 1 is 1.32 bits per heavy atom. The second-order valence-corrected chi connectivity index (χ2v) is 6.94. The van der Waals surface area contributed by atoms with E-state index in [2.05, 4.69) is 39.7 Å². The fraction of sp³-hybridized carbons (Fsp3) is 0.667. The molecule has 0 radical (unpaired) electrons. The third-order valence-corrected chi connectivity index (χ3v) is 5.12. The molecule has 0 spiro atoms. The van der Waals surface area contributed by atoms with Gasteiger partial charge in [-0.1, -0.05) is 0 Å². The van der Waals surface area contributed by atoms with Gasteiger partial charge in [0, 0.05) is 45.2 Å². The van der Waals surface area contributed by atoms with E-state index in [1.807, 2.05) is 28.8 Å². The lowest BCUT2D eigenvalue weighted by atomic mass is 9.87. The van der Waals surface area contributed by atoms with E-state index in [4.69, 9.17) is 4.74 Å². The van der Waals surface area contributed by atoms with Crippen molar-refractivity contribution in [2.75, 3.05) is 33.9 Å². The molecule has 3 rings (SSSR count). The predicted molar refractivity (Wildman–Crippen MR) is 97.1 cm³/mol. The first kappa shape index (κ1) is 18.1. The largest absolute Gasteiger partial charge is 0.383 e. The van der Waals surface area contributed by atoms with Crippen LogP contribution in [0.1, 0.15) is 30.1 Å². The topological polar surface area (TPSA) is 60.1 Å². The molecule has 1 N–H and O–H groups in total. The highest BCUT2D eigenvalue weighted by Gasteiger charge is 2.31. The van der Waals surface area contributed by atoms with Gasteiger partial charge in [-0.15, -0.1) is 0 Å². The first-order chi connectivity index (χ1) is 12.2. The highest BCUT2D eigenvalue weighted by Crippen LogP contribution is 2.34. The Balaban J connectivity index is 1.55. The molecule has 1 saturated heterocycles. The number of aromatic nitrogens is 4. The van der Waals surface area contributed by atoms with Crippen molar-refractivity contribution >= 4 is 0 Å². The van der Waals surface area contributed by atoms with Crippen molar-refractivity contribution < 1.29 is 4.74 Å². The molecule has 2 aromatic rings. The number of methoxy groups -OCH3 is 1. The third kappa shape index (κ3) is 4.48. The Morgan fingerprint density at radius 3 is 2.96 bits per heavy atom. The average Bonchev–Trinajstić information content (AvgIpc) is 3.22. The molecule has 0 bridgehead atoms. The van der Waals surface area contributed by atoms with Gasteiger partial charge < -0.3 is 10.1 Å². The van der Waals surface area contributed by atoms with E-state index in [1.54, 1.807) is 7.11 Å². The van der Waals surface area contributed by atoms with E-state index in [9.17, 15) is 0 Å². The van der Waals surface area contributed by atoms with Crippen molar-refractivity contribution in [3.8, 4) is 0 Å². The molecule has 0 aromatic carbocycles. The Bertz CT molecular complexity index is 652. The van der Waals surface area contributed by atoms with Gasteiger partial charge in [-0.2, -0.15) is 10.2 Å². The molecular formula is C18H30N6O. The molecule has 2 atom stereocenters. The maximum Gasteiger partial charge on any atom is 0.0658 e. The Labute approximate surface area is 149 Å². The average molecular weight is 346 g/mol. The maximum absolute atomic E-state index is 5.09. The minimum absolute atomic E-state index is 0.429. The molecule has 0 saturated carbocycles. The van der Waals surface area contributed by atoms with Gasteiger partial charge in [0.15, 0.2) is 0 Å². The zero-order valence-corrected chi connectivity index (χ0v) is 15.6. The summed E-state index contributed by atoms with van der Waals surface area (Å²) in [6, 6.07) is 2.58. The Morgan fingerprint density at radius 2 is 2.20 bits per heavy atom. The van der Waals surface area contributed by atoms with Crippen LogP contribution in [0.3, 0.4) is 0 Å². The normalized spacial score (nSPS) is 21.7. The summed E-state index contributed by atoms with van der Waals surface area (Å²) in [6.45, 7) is 4.50. The lowest BCUT2D eigenvalue weighted by Crippen LogP contribution is -2.41. The van der Waals surface area contributed by atoms with E-state index in [0.717, 1.165) is 26.2 Å². The summed E-state index contributed by atoms with van der Waals surface area (Å²) in [7, 11) is 5.98. The molecule has 25 heavy (non-hydrogen) atoms. The zero-order chi connectivity index (χ0) is 17.6. The van der Waals surface area contributed by atoms with E-state index in [1.165, 1.54) is 24.1 Å². The summed E-state index contributed by atoms with van der Waals surface area (Å²) in [4.78, 5) is 2.47. The molecule has 1 aliphatic rings. The van der Waals surface area contributed by atoms with Crippen LogP contribution in [0.2, 0.25) is 0 Å². The first-order valence-corrected chi connectivity index (χ1v) is 9.08. The minimum atomic E-state index is 0.429. The summed E-state index contributed by atoms with van der Waals surface area (Å²) in [5.41, 5.74) is 2.53. The summed E-state index contributed by atoms with van der Waals surface area (Å²) < 4.78 is 9.05. The summed E-state index contributed by atoms with van der Waals surface area (Å²) in [5.74, 6) is 0.595. The van der Waals surface area contributed by atoms with Crippen molar-refractivity contribution in [1.82, 2.24) is 29.8 Å². The van der Waals surface area contributed by atoms with Crippen LogP contribution < -0.4 is 5.32 Å². The number of nitrogens with zero attached hydrogens (tertiary/aromatic N) is 5. The van der Waals surface area contributed by atoms with Crippen LogP contribution in [0.15, 0.2) is 24.7 Å². The molecular weight excluding hydrogens is 316 g/mol. The van der Waals surface area contributed by atoms with E-state index in [0.29, 0.717) is 18.6 Å². The quantitative estimate of drug-likeness (QED) is 0.784. The number of hydrogen-bond acceptors (Lipinski definition) is 5. The fourth-order valence-corrected chi connectivity index (χ4v) is 3.82. The van der Waals surface area contributed by atoms with Gasteiger partial charge in [-0.3, -0.25) is 14.3 Å². The molecule has 0 aliphatic carbocycles. The SMILES string of the molecule is COCCn1cc(CNC[C@@H]2CCCN(C)[C@H]2c2ccnn2C)cn1. The summed E-state index contributed by atoms with van der Waals surface area (Å²) in [5, 5.41) is 12.4. The highest BCUT2D eigenvalue weighted by atomic mass is 16.5. The number of rotatable bonds is 8. The standard InChI is InChI=1S/C18H30N6O/c1-22-8-4-5-16(18(22)17-6-7-20-23(17)2)13-19-11-15-12-21-24(14-15)9-10-25-3/h6-7,12,14,16,18-19H,4-5,8-11,13H2,1-3H3/t16-,18+/m0/s1. The van der Waals surface area contributed by atoms with Crippen LogP contribution in [0, 0.1) is 5.92 Å². The summed E-state index contributed by atoms with van der Waals surface area (Å²) in [6.07, 6.45) is 8.44. The molecule has 3 heterocycles. The first-order valence-electron chi connectivity index (χ1n) is 9.08. The monoisotopic (exact) mass is 346 g/mol. The smallest absolute Gasteiger partial charge is 0.0658 e. The van der Waals surface area contributed by atoms with Gasteiger partial charge in [0.05, 0.1) is 31.1 Å². The highest BCUT2D eigenvalue weighted by molar-refractivity contribution is 5.10. The van der Waals surface area contributed by atoms with Crippen molar-refractivity contribution in [2.24, 2.45) is 13.0 Å². The van der Waals surface area contributed by atoms with E-state index in [-0.39, 0.29) is 0 Å². The van der Waals surface area contributed by atoms with Crippen molar-refractivity contribution in [3.63, 3.8) is 0 Å². The molecule has 7 heteroatoms. The molecule has 0 amide bonds. The number of piperidine rings is 1. The minimum Gasteiger partial charge on any atom is -0.383 e. The molecule has 138 valence electrons. The molecule has 1 aliphatic heterocycles. The lowest BCUT2D eigenvalue weighted by molar-refractivity contribution is 0.113. The zero-order valence-electron chi connectivity index (χ0n) is 15.6. The van der Waals surface area contributed by atoms with Crippen LogP contribution in [-0.4, -0.2) is 58.3 Å². The van der Waals surface area contributed by atoms with Gasteiger partial charge in [0.1, 0.15) is 0 Å². The van der Waals surface area contributed by atoms with Gasteiger partial charge in [0.2, 0.25) is 0 Å². The number of likely N-dealkylation sites (tertiary alicyclic amines) is 1. The third-order valence-electron chi connectivity index (χ3n) is 5.12. The second-order valence-electron chi connectivity index (χ2n) is 6.94. The van der Waals surface area contributed by atoms with Crippen LogP contribution in [0.4, 0.5) is 0 Å². The number of nitrogens with one attached hydrogen (secondary N) is 1. The van der Waals surface area contributed by atoms with Crippen LogP contribution in [0.25, 0.3) is 0 Å². The number of ether oxygens (including phenoxy) is 1. The van der Waals surface area contributed by atoms with E-state index >= 15 is 0 Å². The summed E-state index contributed by atoms with van der Waals surface area (Å²) >= 11 is 0.